The molecule has 0 saturated carbocycles. The number of nitriles is 1. The molecule has 0 amide bonds. The Kier molecular flexibility index (Phi) is 2.10. The van der Waals surface area contributed by atoms with Gasteiger partial charge in [-0.05, 0) is 25.1 Å². The quantitative estimate of drug-likeness (QED) is 0.707. The maximum atomic E-state index is 13.1. The van der Waals surface area contributed by atoms with Crippen molar-refractivity contribution in [2.24, 2.45) is 0 Å². The molecule has 0 aromatic heterocycles. The number of benzene rings is 1. The zero-order chi connectivity index (χ0) is 10.1. The maximum Gasteiger partial charge on any atom is 0.166 e. The van der Waals surface area contributed by atoms with Crippen molar-refractivity contribution >= 4 is 0 Å². The van der Waals surface area contributed by atoms with Gasteiger partial charge in [-0.3, -0.25) is 0 Å². The van der Waals surface area contributed by atoms with Crippen LogP contribution in [0, 0.1) is 17.1 Å². The van der Waals surface area contributed by atoms with Gasteiger partial charge in [-0.1, -0.05) is 0 Å². The highest BCUT2D eigenvalue weighted by atomic mass is 19.1. The Labute approximate surface area is 80.8 Å². The van der Waals surface area contributed by atoms with Gasteiger partial charge in [-0.2, -0.15) is 5.26 Å². The van der Waals surface area contributed by atoms with Crippen LogP contribution in [0.1, 0.15) is 23.6 Å². The average Bonchev–Trinajstić information content (AvgIpc) is 2.09. The van der Waals surface area contributed by atoms with Crippen LogP contribution in [0.5, 0.6) is 5.75 Å². The van der Waals surface area contributed by atoms with Gasteiger partial charge in [-0.15, -0.1) is 0 Å². The van der Waals surface area contributed by atoms with Crippen LogP contribution in [0.3, 0.4) is 0 Å². The molecule has 1 heterocycles. The SMILES string of the molecule is N#Cc1cc(F)c(O)c([C@@H]2CCN2)c1. The first kappa shape index (κ1) is 8.97. The molecule has 1 fully saturated rings. The van der Waals surface area contributed by atoms with Gasteiger partial charge >= 0.3 is 0 Å². The minimum Gasteiger partial charge on any atom is -0.505 e. The van der Waals surface area contributed by atoms with Gasteiger partial charge in [0.2, 0.25) is 0 Å². The third kappa shape index (κ3) is 1.32. The molecule has 0 unspecified atom stereocenters. The summed E-state index contributed by atoms with van der Waals surface area (Å²) >= 11 is 0. The van der Waals surface area contributed by atoms with E-state index in [9.17, 15) is 9.50 Å². The molecule has 1 aliphatic heterocycles. The Morgan fingerprint density at radius 2 is 2.29 bits per heavy atom. The molecule has 3 nitrogen and oxygen atoms in total. The predicted molar refractivity (Wildman–Crippen MR) is 48.1 cm³/mol. The van der Waals surface area contributed by atoms with E-state index in [1.54, 1.807) is 0 Å². The summed E-state index contributed by atoms with van der Waals surface area (Å²) in [5.41, 5.74) is 0.719. The molecule has 1 atom stereocenters. The number of aromatic hydroxyl groups is 1. The van der Waals surface area contributed by atoms with Crippen molar-refractivity contribution in [1.82, 2.24) is 5.32 Å². The van der Waals surface area contributed by atoms with Crippen molar-refractivity contribution in [2.45, 2.75) is 12.5 Å². The van der Waals surface area contributed by atoms with E-state index in [0.29, 0.717) is 5.56 Å². The zero-order valence-corrected chi connectivity index (χ0v) is 7.42. The van der Waals surface area contributed by atoms with E-state index in [4.69, 9.17) is 5.26 Å². The first-order valence-corrected chi connectivity index (χ1v) is 4.38. The Bertz CT molecular complexity index is 407. The molecular formula is C10H9FN2O. The van der Waals surface area contributed by atoms with Gasteiger partial charge in [-0.25, -0.2) is 4.39 Å². The lowest BCUT2D eigenvalue weighted by atomic mass is 9.95. The lowest BCUT2D eigenvalue weighted by Gasteiger charge is -2.28. The molecule has 0 radical (unpaired) electrons. The summed E-state index contributed by atoms with van der Waals surface area (Å²) < 4.78 is 13.1. The summed E-state index contributed by atoms with van der Waals surface area (Å²) in [6, 6.07) is 4.41. The van der Waals surface area contributed by atoms with Crippen molar-refractivity contribution in [1.29, 1.82) is 5.26 Å². The highest BCUT2D eigenvalue weighted by molar-refractivity contribution is 5.44. The Morgan fingerprint density at radius 1 is 1.57 bits per heavy atom. The maximum absolute atomic E-state index is 13.1. The second-order valence-electron chi connectivity index (χ2n) is 3.30. The Balaban J connectivity index is 2.47. The predicted octanol–water partition coefficient (Wildman–Crippen LogP) is 1.44. The molecular weight excluding hydrogens is 183 g/mol. The summed E-state index contributed by atoms with van der Waals surface area (Å²) in [6.07, 6.45) is 0.863. The summed E-state index contributed by atoms with van der Waals surface area (Å²) in [5.74, 6) is -1.08. The van der Waals surface area contributed by atoms with Crippen molar-refractivity contribution in [3.05, 3.63) is 29.1 Å². The lowest BCUT2D eigenvalue weighted by molar-refractivity contribution is 0.354. The summed E-state index contributed by atoms with van der Waals surface area (Å²) in [4.78, 5) is 0. The zero-order valence-electron chi connectivity index (χ0n) is 7.42. The Morgan fingerprint density at radius 3 is 2.79 bits per heavy atom. The normalized spacial score (nSPS) is 19.9. The molecule has 1 aromatic carbocycles. The third-order valence-electron chi connectivity index (χ3n) is 2.42. The molecule has 0 bridgehead atoms. The highest BCUT2D eigenvalue weighted by Gasteiger charge is 2.23. The second-order valence-corrected chi connectivity index (χ2v) is 3.30. The summed E-state index contributed by atoms with van der Waals surface area (Å²) in [7, 11) is 0. The van der Waals surface area contributed by atoms with E-state index in [1.807, 2.05) is 6.07 Å². The molecule has 2 rings (SSSR count). The van der Waals surface area contributed by atoms with Gasteiger partial charge in [0.15, 0.2) is 11.6 Å². The fourth-order valence-corrected chi connectivity index (χ4v) is 1.50. The van der Waals surface area contributed by atoms with Crippen molar-refractivity contribution in [2.75, 3.05) is 6.54 Å². The fraction of sp³-hybridized carbons (Fsp3) is 0.300. The lowest BCUT2D eigenvalue weighted by Crippen LogP contribution is -2.35. The van der Waals surface area contributed by atoms with Crippen molar-refractivity contribution in [3.8, 4) is 11.8 Å². The summed E-state index contributed by atoms with van der Waals surface area (Å²) in [5, 5.41) is 21.1. The molecule has 0 spiro atoms. The van der Waals surface area contributed by atoms with Crippen molar-refractivity contribution < 1.29 is 9.50 Å². The van der Waals surface area contributed by atoms with E-state index < -0.39 is 5.82 Å². The number of rotatable bonds is 1. The van der Waals surface area contributed by atoms with Crippen LogP contribution in [0.4, 0.5) is 4.39 Å². The monoisotopic (exact) mass is 192 g/mol. The molecule has 14 heavy (non-hydrogen) atoms. The number of hydrogen-bond donors (Lipinski definition) is 2. The molecule has 1 aliphatic rings. The topological polar surface area (TPSA) is 56.0 Å². The Hall–Kier alpha value is -1.60. The van der Waals surface area contributed by atoms with Gasteiger partial charge in [0, 0.05) is 11.6 Å². The highest BCUT2D eigenvalue weighted by Crippen LogP contribution is 2.32. The van der Waals surface area contributed by atoms with E-state index in [1.165, 1.54) is 6.07 Å². The van der Waals surface area contributed by atoms with E-state index in [0.717, 1.165) is 19.0 Å². The van der Waals surface area contributed by atoms with Gasteiger partial charge < -0.3 is 10.4 Å². The summed E-state index contributed by atoms with van der Waals surface area (Å²) in [6.45, 7) is 0.864. The molecule has 0 aliphatic carbocycles. The number of phenolic OH excluding ortho intramolecular Hbond substituents is 1. The number of nitrogens with one attached hydrogen (secondary N) is 1. The number of phenols is 1. The average molecular weight is 192 g/mol. The van der Waals surface area contributed by atoms with Gasteiger partial charge in [0.1, 0.15) is 0 Å². The van der Waals surface area contributed by atoms with Crippen LogP contribution in [-0.2, 0) is 0 Å². The number of hydrogen-bond acceptors (Lipinski definition) is 3. The van der Waals surface area contributed by atoms with E-state index >= 15 is 0 Å². The molecule has 2 N–H and O–H groups in total. The van der Waals surface area contributed by atoms with Crippen LogP contribution >= 0.6 is 0 Å². The fourth-order valence-electron chi connectivity index (χ4n) is 1.50. The second kappa shape index (κ2) is 3.28. The smallest absolute Gasteiger partial charge is 0.166 e. The molecule has 4 heteroatoms. The first-order valence-electron chi connectivity index (χ1n) is 4.38. The van der Waals surface area contributed by atoms with Crippen LogP contribution in [0.25, 0.3) is 0 Å². The molecule has 1 aromatic rings. The van der Waals surface area contributed by atoms with Crippen LogP contribution < -0.4 is 5.32 Å². The van der Waals surface area contributed by atoms with E-state index in [2.05, 4.69) is 5.32 Å². The standard InChI is InChI=1S/C10H9FN2O/c11-8-4-6(5-12)3-7(10(8)14)9-1-2-13-9/h3-4,9,13-14H,1-2H2/t9-/m0/s1. The van der Waals surface area contributed by atoms with E-state index in [-0.39, 0.29) is 17.4 Å². The largest absolute Gasteiger partial charge is 0.505 e. The van der Waals surface area contributed by atoms with Crippen LogP contribution in [0.2, 0.25) is 0 Å². The van der Waals surface area contributed by atoms with Crippen LogP contribution in [0.15, 0.2) is 12.1 Å². The molecule has 1 saturated heterocycles. The third-order valence-corrected chi connectivity index (χ3v) is 2.42. The number of nitrogens with zero attached hydrogens (tertiary/aromatic N) is 1. The van der Waals surface area contributed by atoms with Gasteiger partial charge in [0.05, 0.1) is 11.6 Å². The van der Waals surface area contributed by atoms with Crippen molar-refractivity contribution in [3.63, 3.8) is 0 Å². The van der Waals surface area contributed by atoms with Crippen LogP contribution in [-0.4, -0.2) is 11.7 Å². The molecule has 72 valence electrons. The first-order chi connectivity index (χ1) is 6.72. The minimum absolute atomic E-state index is 0.0159. The van der Waals surface area contributed by atoms with Gasteiger partial charge in [0.25, 0.3) is 0 Å². The number of halogens is 1. The minimum atomic E-state index is -0.729.